The molecule has 0 saturated heterocycles. The molecule has 2 atom stereocenters. The zero-order chi connectivity index (χ0) is 12.4. The average Bonchev–Trinajstić information content (AvgIpc) is 2.32. The van der Waals surface area contributed by atoms with E-state index in [0.29, 0.717) is 11.1 Å². The maximum Gasteiger partial charge on any atom is 0.128 e. The standard InChI is InChI=1S/C14H19F2N/c1-3-8-17-12-7-4-9(2)13-10(15)5-6-11(16)14(12)13/h5-6,9,12,17H,3-4,7-8H2,1-2H3. The lowest BCUT2D eigenvalue weighted by molar-refractivity contribution is 0.401. The molecule has 1 aromatic rings. The van der Waals surface area contributed by atoms with Crippen LogP contribution in [0.2, 0.25) is 0 Å². The molecule has 3 heteroatoms. The first-order valence-corrected chi connectivity index (χ1v) is 6.36. The topological polar surface area (TPSA) is 12.0 Å². The summed E-state index contributed by atoms with van der Waals surface area (Å²) in [5, 5.41) is 3.31. The maximum absolute atomic E-state index is 13.9. The van der Waals surface area contributed by atoms with E-state index in [2.05, 4.69) is 12.2 Å². The maximum atomic E-state index is 13.9. The third-order valence-corrected chi connectivity index (χ3v) is 3.55. The largest absolute Gasteiger partial charge is 0.310 e. The van der Waals surface area contributed by atoms with E-state index in [1.807, 2.05) is 6.92 Å². The first kappa shape index (κ1) is 12.5. The lowest BCUT2D eigenvalue weighted by Crippen LogP contribution is -2.28. The second kappa shape index (κ2) is 5.13. The molecule has 0 spiro atoms. The van der Waals surface area contributed by atoms with Crippen LogP contribution in [-0.4, -0.2) is 6.54 Å². The second-order valence-electron chi connectivity index (χ2n) is 4.84. The van der Waals surface area contributed by atoms with Crippen molar-refractivity contribution in [3.63, 3.8) is 0 Å². The molecule has 94 valence electrons. The molecular formula is C14H19F2N. The molecule has 0 fully saturated rings. The summed E-state index contributed by atoms with van der Waals surface area (Å²) in [5.41, 5.74) is 1.13. The Morgan fingerprint density at radius 2 is 1.82 bits per heavy atom. The van der Waals surface area contributed by atoms with Gasteiger partial charge in [0, 0.05) is 11.6 Å². The van der Waals surface area contributed by atoms with E-state index < -0.39 is 0 Å². The Bertz CT molecular complexity index is 403. The molecule has 1 nitrogen and oxygen atoms in total. The van der Waals surface area contributed by atoms with Gasteiger partial charge in [-0.1, -0.05) is 13.8 Å². The SMILES string of the molecule is CCCNC1CCC(C)c2c(F)ccc(F)c21. The molecule has 0 bridgehead atoms. The monoisotopic (exact) mass is 239 g/mol. The lowest BCUT2D eigenvalue weighted by atomic mass is 9.80. The van der Waals surface area contributed by atoms with Crippen LogP contribution in [0.5, 0.6) is 0 Å². The van der Waals surface area contributed by atoms with E-state index in [1.54, 1.807) is 0 Å². The van der Waals surface area contributed by atoms with Gasteiger partial charge in [-0.3, -0.25) is 0 Å². The molecule has 0 saturated carbocycles. The van der Waals surface area contributed by atoms with E-state index in [1.165, 1.54) is 12.1 Å². The fourth-order valence-electron chi connectivity index (χ4n) is 2.67. The van der Waals surface area contributed by atoms with Crippen LogP contribution in [0.15, 0.2) is 12.1 Å². The van der Waals surface area contributed by atoms with Gasteiger partial charge in [-0.15, -0.1) is 0 Å². The van der Waals surface area contributed by atoms with E-state index in [4.69, 9.17) is 0 Å². The number of halogens is 2. The Balaban J connectivity index is 2.40. The van der Waals surface area contributed by atoms with Crippen molar-refractivity contribution < 1.29 is 8.78 Å². The summed E-state index contributed by atoms with van der Waals surface area (Å²) in [6.45, 7) is 4.88. The summed E-state index contributed by atoms with van der Waals surface area (Å²) in [4.78, 5) is 0. The molecule has 1 aliphatic rings. The highest BCUT2D eigenvalue weighted by atomic mass is 19.1. The van der Waals surface area contributed by atoms with Crippen molar-refractivity contribution in [3.8, 4) is 0 Å². The zero-order valence-corrected chi connectivity index (χ0v) is 10.4. The van der Waals surface area contributed by atoms with Gasteiger partial charge in [0.05, 0.1) is 0 Å². The third kappa shape index (κ3) is 2.34. The first-order valence-electron chi connectivity index (χ1n) is 6.36. The van der Waals surface area contributed by atoms with Crippen molar-refractivity contribution in [2.75, 3.05) is 6.54 Å². The first-order chi connectivity index (χ1) is 8.15. The minimum Gasteiger partial charge on any atom is -0.310 e. The number of benzene rings is 1. The molecule has 0 heterocycles. The van der Waals surface area contributed by atoms with Gasteiger partial charge in [0.15, 0.2) is 0 Å². The Morgan fingerprint density at radius 1 is 1.18 bits per heavy atom. The predicted molar refractivity (Wildman–Crippen MR) is 65.0 cm³/mol. The molecule has 2 rings (SSSR count). The van der Waals surface area contributed by atoms with Crippen LogP contribution in [-0.2, 0) is 0 Å². The molecular weight excluding hydrogens is 220 g/mol. The van der Waals surface area contributed by atoms with E-state index in [-0.39, 0.29) is 23.6 Å². The molecule has 0 aromatic heterocycles. The number of rotatable bonds is 3. The van der Waals surface area contributed by atoms with Crippen LogP contribution in [0.4, 0.5) is 8.78 Å². The number of fused-ring (bicyclic) bond motifs is 1. The number of hydrogen-bond acceptors (Lipinski definition) is 1. The fraction of sp³-hybridized carbons (Fsp3) is 0.571. The molecule has 2 unspecified atom stereocenters. The lowest BCUT2D eigenvalue weighted by Gasteiger charge is -2.31. The van der Waals surface area contributed by atoms with Gasteiger partial charge < -0.3 is 5.32 Å². The Labute approximate surface area is 101 Å². The van der Waals surface area contributed by atoms with E-state index in [9.17, 15) is 8.78 Å². The van der Waals surface area contributed by atoms with Gasteiger partial charge >= 0.3 is 0 Å². The number of hydrogen-bond donors (Lipinski definition) is 1. The average molecular weight is 239 g/mol. The fourth-order valence-corrected chi connectivity index (χ4v) is 2.67. The molecule has 0 aliphatic heterocycles. The van der Waals surface area contributed by atoms with Crippen LogP contribution >= 0.6 is 0 Å². The minimum atomic E-state index is -0.276. The van der Waals surface area contributed by atoms with E-state index >= 15 is 0 Å². The molecule has 1 aromatic carbocycles. The van der Waals surface area contributed by atoms with Crippen LogP contribution in [0, 0.1) is 11.6 Å². The van der Waals surface area contributed by atoms with Crippen molar-refractivity contribution in [2.24, 2.45) is 0 Å². The highest BCUT2D eigenvalue weighted by Crippen LogP contribution is 2.39. The predicted octanol–water partition coefficient (Wildman–Crippen LogP) is 3.90. The summed E-state index contributed by atoms with van der Waals surface area (Å²) in [5.74, 6) is -0.432. The van der Waals surface area contributed by atoms with Crippen molar-refractivity contribution in [1.29, 1.82) is 0 Å². The van der Waals surface area contributed by atoms with Gasteiger partial charge in [0.1, 0.15) is 11.6 Å². The third-order valence-electron chi connectivity index (χ3n) is 3.55. The second-order valence-corrected chi connectivity index (χ2v) is 4.84. The van der Waals surface area contributed by atoms with Gasteiger partial charge in [-0.2, -0.15) is 0 Å². The van der Waals surface area contributed by atoms with Crippen LogP contribution in [0.1, 0.15) is 56.2 Å². The van der Waals surface area contributed by atoms with Crippen LogP contribution in [0.25, 0.3) is 0 Å². The van der Waals surface area contributed by atoms with Crippen molar-refractivity contribution in [2.45, 2.75) is 45.1 Å². The van der Waals surface area contributed by atoms with E-state index in [0.717, 1.165) is 25.8 Å². The normalized spacial score (nSPS) is 23.5. The van der Waals surface area contributed by atoms with Gasteiger partial charge in [0.2, 0.25) is 0 Å². The highest BCUT2D eigenvalue weighted by Gasteiger charge is 2.29. The van der Waals surface area contributed by atoms with Crippen LogP contribution < -0.4 is 5.32 Å². The van der Waals surface area contributed by atoms with Crippen LogP contribution in [0.3, 0.4) is 0 Å². The molecule has 0 radical (unpaired) electrons. The molecule has 1 N–H and O–H groups in total. The quantitative estimate of drug-likeness (QED) is 0.843. The Morgan fingerprint density at radius 3 is 2.47 bits per heavy atom. The summed E-state index contributed by atoms with van der Waals surface area (Å²) >= 11 is 0. The van der Waals surface area contributed by atoms with Crippen molar-refractivity contribution >= 4 is 0 Å². The zero-order valence-electron chi connectivity index (χ0n) is 10.4. The number of nitrogens with one attached hydrogen (secondary N) is 1. The minimum absolute atomic E-state index is 0.0307. The molecule has 17 heavy (non-hydrogen) atoms. The van der Waals surface area contributed by atoms with Crippen molar-refractivity contribution in [1.82, 2.24) is 5.32 Å². The van der Waals surface area contributed by atoms with Gasteiger partial charge in [-0.25, -0.2) is 8.78 Å². The summed E-state index contributed by atoms with van der Waals surface area (Å²) in [6, 6.07) is 2.46. The Kier molecular flexibility index (Phi) is 3.77. The summed E-state index contributed by atoms with van der Waals surface area (Å²) < 4.78 is 27.7. The van der Waals surface area contributed by atoms with Crippen molar-refractivity contribution in [3.05, 3.63) is 34.9 Å². The molecule has 0 amide bonds. The molecule has 1 aliphatic carbocycles. The van der Waals surface area contributed by atoms with Gasteiger partial charge in [0.25, 0.3) is 0 Å². The smallest absolute Gasteiger partial charge is 0.128 e. The Hall–Kier alpha value is -0.960. The van der Waals surface area contributed by atoms with Gasteiger partial charge in [-0.05, 0) is 49.4 Å². The highest BCUT2D eigenvalue weighted by molar-refractivity contribution is 5.37. The summed E-state index contributed by atoms with van der Waals surface area (Å²) in [7, 11) is 0. The summed E-state index contributed by atoms with van der Waals surface area (Å²) in [6.07, 6.45) is 2.79.